The van der Waals surface area contributed by atoms with Gasteiger partial charge in [-0.05, 0) is 12.1 Å². The lowest BCUT2D eigenvalue weighted by Gasteiger charge is -1.99. The molecule has 0 fully saturated rings. The minimum absolute atomic E-state index is 0.504. The van der Waals surface area contributed by atoms with E-state index in [1.54, 1.807) is 12.1 Å². The quantitative estimate of drug-likeness (QED) is 0.371. The first kappa shape index (κ1) is 9.55. The molecular formula is C8H7BrClNO. The van der Waals surface area contributed by atoms with E-state index in [9.17, 15) is 0 Å². The Morgan fingerprint density at radius 1 is 1.58 bits per heavy atom. The zero-order chi connectivity index (χ0) is 8.97. The molecule has 1 aromatic carbocycles. The van der Waals surface area contributed by atoms with Gasteiger partial charge in [0.1, 0.15) is 0 Å². The molecular weight excluding hydrogens is 241 g/mol. The Morgan fingerprint density at radius 3 is 2.83 bits per heavy atom. The van der Waals surface area contributed by atoms with Gasteiger partial charge in [-0.15, -0.1) is 0 Å². The van der Waals surface area contributed by atoms with E-state index >= 15 is 0 Å². The molecule has 4 heteroatoms. The van der Waals surface area contributed by atoms with Gasteiger partial charge in [0.05, 0.1) is 5.71 Å². The van der Waals surface area contributed by atoms with E-state index in [4.69, 9.17) is 16.8 Å². The lowest BCUT2D eigenvalue weighted by Crippen LogP contribution is -2.01. The second-order valence-corrected chi connectivity index (χ2v) is 3.19. The molecule has 0 heterocycles. The summed E-state index contributed by atoms with van der Waals surface area (Å²) in [5.41, 5.74) is 1.39. The van der Waals surface area contributed by atoms with Crippen molar-refractivity contribution < 1.29 is 5.21 Å². The molecule has 0 bridgehead atoms. The van der Waals surface area contributed by atoms with Crippen molar-refractivity contribution in [2.45, 2.75) is 0 Å². The number of hydrogen-bond acceptors (Lipinski definition) is 2. The van der Waals surface area contributed by atoms with Crippen LogP contribution in [0.1, 0.15) is 5.56 Å². The number of nitrogens with zero attached hydrogens (tertiary/aromatic N) is 1. The number of rotatable bonds is 2. The van der Waals surface area contributed by atoms with Crippen LogP contribution in [0.3, 0.4) is 0 Å². The van der Waals surface area contributed by atoms with Gasteiger partial charge < -0.3 is 5.21 Å². The predicted octanol–water partition coefficient (Wildman–Crippen LogP) is 2.91. The van der Waals surface area contributed by atoms with Crippen LogP contribution in [0.25, 0.3) is 0 Å². The molecule has 0 saturated heterocycles. The molecule has 1 aromatic rings. The number of hydrogen-bond donors (Lipinski definition) is 1. The summed E-state index contributed by atoms with van der Waals surface area (Å²) in [4.78, 5) is 0. The van der Waals surface area contributed by atoms with Crippen LogP contribution in [-0.4, -0.2) is 16.2 Å². The molecule has 0 radical (unpaired) electrons. The zero-order valence-electron chi connectivity index (χ0n) is 6.17. The Kier molecular flexibility index (Phi) is 3.56. The van der Waals surface area contributed by atoms with Gasteiger partial charge in [-0.3, -0.25) is 0 Å². The number of alkyl halides is 1. The van der Waals surface area contributed by atoms with Crippen LogP contribution < -0.4 is 0 Å². The van der Waals surface area contributed by atoms with Gasteiger partial charge in [0.25, 0.3) is 0 Å². The highest BCUT2D eigenvalue weighted by Gasteiger charge is 2.01. The summed E-state index contributed by atoms with van der Waals surface area (Å²) in [6.45, 7) is 0. The van der Waals surface area contributed by atoms with Crippen molar-refractivity contribution >= 4 is 33.2 Å². The van der Waals surface area contributed by atoms with Crippen molar-refractivity contribution in [2.24, 2.45) is 5.16 Å². The van der Waals surface area contributed by atoms with Crippen molar-refractivity contribution in [3.63, 3.8) is 0 Å². The van der Waals surface area contributed by atoms with Crippen LogP contribution in [0.5, 0.6) is 0 Å². The highest BCUT2D eigenvalue weighted by Crippen LogP contribution is 2.12. The largest absolute Gasteiger partial charge is 0.411 e. The van der Waals surface area contributed by atoms with Gasteiger partial charge in [0, 0.05) is 15.9 Å². The first-order chi connectivity index (χ1) is 5.77. The minimum atomic E-state index is 0.504. The molecule has 0 aliphatic carbocycles. The average Bonchev–Trinajstić information content (AvgIpc) is 2.07. The maximum absolute atomic E-state index is 8.59. The van der Waals surface area contributed by atoms with E-state index in [0.717, 1.165) is 5.56 Å². The van der Waals surface area contributed by atoms with Crippen molar-refractivity contribution in [3.05, 3.63) is 34.9 Å². The number of oxime groups is 1. The molecule has 0 aliphatic rings. The predicted molar refractivity (Wildman–Crippen MR) is 53.6 cm³/mol. The molecule has 0 spiro atoms. The molecule has 0 aliphatic heterocycles. The summed E-state index contributed by atoms with van der Waals surface area (Å²) in [7, 11) is 0. The van der Waals surface area contributed by atoms with Crippen LogP contribution in [0.2, 0.25) is 5.02 Å². The highest BCUT2D eigenvalue weighted by atomic mass is 79.9. The van der Waals surface area contributed by atoms with E-state index in [1.807, 2.05) is 12.1 Å². The first-order valence-electron chi connectivity index (χ1n) is 3.30. The van der Waals surface area contributed by atoms with E-state index < -0.39 is 0 Å². The summed E-state index contributed by atoms with van der Waals surface area (Å²) < 4.78 is 0. The third kappa shape index (κ3) is 2.22. The molecule has 0 saturated carbocycles. The highest BCUT2D eigenvalue weighted by molar-refractivity contribution is 9.09. The summed E-state index contributed by atoms with van der Waals surface area (Å²) in [5, 5.41) is 12.9. The van der Waals surface area contributed by atoms with Gasteiger partial charge in [-0.1, -0.05) is 44.8 Å². The fourth-order valence-corrected chi connectivity index (χ4v) is 1.46. The van der Waals surface area contributed by atoms with Gasteiger partial charge in [0.2, 0.25) is 0 Å². The molecule has 0 unspecified atom stereocenters. The summed E-state index contributed by atoms with van der Waals surface area (Å²) in [5.74, 6) is 0. The Bertz CT molecular complexity index is 301. The molecule has 64 valence electrons. The van der Waals surface area contributed by atoms with E-state index in [1.165, 1.54) is 0 Å². The summed E-state index contributed by atoms with van der Waals surface area (Å²) in [6, 6.07) is 7.17. The average molecular weight is 249 g/mol. The van der Waals surface area contributed by atoms with E-state index in [0.29, 0.717) is 16.1 Å². The van der Waals surface area contributed by atoms with Crippen LogP contribution in [0.15, 0.2) is 29.4 Å². The third-order valence-corrected chi connectivity index (χ3v) is 2.17. The standard InChI is InChI=1S/C8H7BrClNO/c9-5-8(11-12)6-2-1-3-7(10)4-6/h1-4,12H,5H2. The van der Waals surface area contributed by atoms with Crippen LogP contribution >= 0.6 is 27.5 Å². The van der Waals surface area contributed by atoms with Crippen molar-refractivity contribution in [1.29, 1.82) is 0 Å². The fraction of sp³-hybridized carbons (Fsp3) is 0.125. The van der Waals surface area contributed by atoms with Crippen LogP contribution in [-0.2, 0) is 0 Å². The SMILES string of the molecule is ON=C(CBr)c1cccc(Cl)c1. The normalized spacial score (nSPS) is 11.7. The minimum Gasteiger partial charge on any atom is -0.411 e. The molecule has 2 nitrogen and oxygen atoms in total. The molecule has 0 atom stereocenters. The maximum atomic E-state index is 8.59. The van der Waals surface area contributed by atoms with Gasteiger partial charge >= 0.3 is 0 Å². The second-order valence-electron chi connectivity index (χ2n) is 2.19. The lowest BCUT2D eigenvalue weighted by atomic mass is 10.1. The van der Waals surface area contributed by atoms with Gasteiger partial charge in [-0.25, -0.2) is 0 Å². The summed E-state index contributed by atoms with van der Waals surface area (Å²) >= 11 is 8.95. The van der Waals surface area contributed by atoms with Crippen LogP contribution in [0.4, 0.5) is 0 Å². The monoisotopic (exact) mass is 247 g/mol. The van der Waals surface area contributed by atoms with Crippen LogP contribution in [0, 0.1) is 0 Å². The Balaban J connectivity index is 3.02. The first-order valence-corrected chi connectivity index (χ1v) is 4.80. The Hall–Kier alpha value is -0.540. The van der Waals surface area contributed by atoms with Gasteiger partial charge in [-0.2, -0.15) is 0 Å². The van der Waals surface area contributed by atoms with E-state index in [-0.39, 0.29) is 0 Å². The molecule has 0 amide bonds. The van der Waals surface area contributed by atoms with E-state index in [2.05, 4.69) is 21.1 Å². The topological polar surface area (TPSA) is 32.6 Å². The maximum Gasteiger partial charge on any atom is 0.0973 e. The number of halogens is 2. The number of benzene rings is 1. The Morgan fingerprint density at radius 2 is 2.33 bits per heavy atom. The molecule has 1 N–H and O–H groups in total. The van der Waals surface area contributed by atoms with Gasteiger partial charge in [0.15, 0.2) is 0 Å². The molecule has 0 aromatic heterocycles. The molecule has 12 heavy (non-hydrogen) atoms. The lowest BCUT2D eigenvalue weighted by molar-refractivity contribution is 0.319. The van der Waals surface area contributed by atoms with Crippen molar-refractivity contribution in [2.75, 3.05) is 5.33 Å². The third-order valence-electron chi connectivity index (χ3n) is 1.41. The molecule has 1 rings (SSSR count). The fourth-order valence-electron chi connectivity index (χ4n) is 0.830. The Labute approximate surface area is 84.0 Å². The van der Waals surface area contributed by atoms with Crippen molar-refractivity contribution in [3.8, 4) is 0 Å². The zero-order valence-corrected chi connectivity index (χ0v) is 8.51. The van der Waals surface area contributed by atoms with Crippen molar-refractivity contribution in [1.82, 2.24) is 0 Å². The smallest absolute Gasteiger partial charge is 0.0973 e. The summed E-state index contributed by atoms with van der Waals surface area (Å²) in [6.07, 6.45) is 0. The second kappa shape index (κ2) is 4.48.